The van der Waals surface area contributed by atoms with E-state index in [0.29, 0.717) is 22.3 Å². The minimum absolute atomic E-state index is 0. The Balaban J connectivity index is 0.000000231. The van der Waals surface area contributed by atoms with Gasteiger partial charge in [0.25, 0.3) is 23.6 Å². The summed E-state index contributed by atoms with van der Waals surface area (Å²) in [7, 11) is -3.02. The number of hydrogen-bond acceptors (Lipinski definition) is 8. The monoisotopic (exact) mass is 2030 g/mol. The van der Waals surface area contributed by atoms with Crippen molar-refractivity contribution in [3.63, 3.8) is 0 Å². The Morgan fingerprint density at radius 2 is 0.353 bits per heavy atom. The van der Waals surface area contributed by atoms with Gasteiger partial charge in [0.05, 0.1) is 0 Å². The quantitative estimate of drug-likeness (QED) is 0.0550. The smallest absolute Gasteiger partial charge is 0.255 e. The number of carbonyl (C=O) groups is 4. The van der Waals surface area contributed by atoms with E-state index in [1.165, 1.54) is 76.4 Å². The molecule has 4 amide bonds. The van der Waals surface area contributed by atoms with E-state index in [9.17, 15) is 19.2 Å². The molecule has 0 aliphatic heterocycles. The molecule has 0 fully saturated rings. The van der Waals surface area contributed by atoms with Crippen LogP contribution in [0.5, 0.6) is 46.0 Å². The van der Waals surface area contributed by atoms with E-state index in [0.717, 1.165) is 102 Å². The van der Waals surface area contributed by atoms with Crippen LogP contribution >= 0.6 is 0 Å². The number of carbonyl (C=O) groups excluding carboxylic acids is 4. The van der Waals surface area contributed by atoms with Crippen LogP contribution in [0.3, 0.4) is 0 Å². The average Bonchev–Trinajstić information content (AvgIpc) is 0.800. The second-order valence-corrected chi connectivity index (χ2v) is 46.9. The molecule has 14 heteroatoms. The summed E-state index contributed by atoms with van der Waals surface area (Å²) in [6, 6.07) is 144. The molecular formula is C136H152N4O8Si2. The zero-order valence-electron chi connectivity index (χ0n) is 87.8. The van der Waals surface area contributed by atoms with Crippen LogP contribution in [0, 0.1) is 111 Å². The standard InChI is InChI=1S/2C20H18O2.2C16H20Si.4C15H15NO.4CH4/c1-15-3-7-17(8-4-15)21-19-11-13-20(14-12-19)22-18-9-5-16(2)6-10-18;1-15-5-3-7-19(13-15)21-17-9-11-18(12-10-17)22-20-8-4-6-16(2)14-20;1-13-5-9-15(10-6-13)17(3,4)16-11-7-14(2)8-12-16;1-13-7-5-9-15(11-13)17(3,4)16-10-6-8-14(2)12-16;1-11-3-7-13(8-4-11)15(17)16-14-9-5-12(2)6-10-14;1-11-5-3-7-13(9-11)15(17)16-14-8-4-6-12(2)10-14;1-11-6-8-13(9-7-11)15(17)16-14-5-3-4-12(2)10-14;1-11-6-8-14(9-7-11)16-15(17)13-5-3-4-12(2)10-13;;;;/h2*3-14H,1-2H3;2*5-12H,1-4H3;4*3-10H,1-2H3,(H,16,17);4*1H4. The zero-order chi connectivity index (χ0) is 105. The molecule has 150 heavy (non-hydrogen) atoms. The van der Waals surface area contributed by atoms with Crippen LogP contribution in [0.15, 0.2) is 437 Å². The first-order chi connectivity index (χ1) is 70.0. The molecule has 4 N–H and O–H groups in total. The van der Waals surface area contributed by atoms with Crippen LogP contribution in [0.1, 0.15) is 160 Å². The third-order valence-corrected chi connectivity index (χ3v) is 31.1. The molecule has 0 aliphatic rings. The molecule has 0 saturated heterocycles. The van der Waals surface area contributed by atoms with E-state index >= 15 is 0 Å². The van der Waals surface area contributed by atoms with Crippen LogP contribution in [-0.4, -0.2) is 39.8 Å². The van der Waals surface area contributed by atoms with E-state index in [2.05, 4.69) is 186 Å². The van der Waals surface area contributed by atoms with Gasteiger partial charge in [-0.1, -0.05) is 386 Å². The number of ether oxygens (including phenoxy) is 4. The van der Waals surface area contributed by atoms with Gasteiger partial charge in [0.2, 0.25) is 0 Å². The second-order valence-electron chi connectivity index (χ2n) is 38.1. The number of aryl methyl sites for hydroxylation is 16. The van der Waals surface area contributed by atoms with Crippen molar-refractivity contribution < 1.29 is 38.1 Å². The Morgan fingerprint density at radius 1 is 0.160 bits per heavy atom. The second kappa shape index (κ2) is 59.9. The summed E-state index contributed by atoms with van der Waals surface area (Å²) in [4.78, 5) is 47.7. The van der Waals surface area contributed by atoms with E-state index in [1.807, 2.05) is 409 Å². The predicted octanol–water partition coefficient (Wildman–Crippen LogP) is 34.8. The molecule has 0 saturated carbocycles. The summed E-state index contributed by atoms with van der Waals surface area (Å²) in [6.07, 6.45) is 0. The van der Waals surface area contributed by atoms with Gasteiger partial charge in [0.1, 0.15) is 62.1 Å². The van der Waals surface area contributed by atoms with E-state index in [1.54, 1.807) is 0 Å². The fourth-order valence-corrected chi connectivity index (χ4v) is 20.0. The normalized spacial score (nSPS) is 10.2. The number of rotatable bonds is 20. The maximum Gasteiger partial charge on any atom is 0.255 e. The van der Waals surface area contributed by atoms with Crippen LogP contribution < -0.4 is 61.0 Å². The molecule has 0 aliphatic carbocycles. The van der Waals surface area contributed by atoms with Gasteiger partial charge in [-0.05, 0) is 327 Å². The maximum atomic E-state index is 12.0. The molecular weight excluding hydrogens is 1870 g/mol. The summed E-state index contributed by atoms with van der Waals surface area (Å²) in [5, 5.41) is 17.6. The van der Waals surface area contributed by atoms with E-state index < -0.39 is 16.1 Å². The Morgan fingerprint density at radius 3 is 0.613 bits per heavy atom. The Kier molecular flexibility index (Phi) is 48.1. The Labute approximate surface area is 897 Å². The Hall–Kier alpha value is -16.5. The number of amides is 4. The summed E-state index contributed by atoms with van der Waals surface area (Å²) >= 11 is 0. The highest BCUT2D eigenvalue weighted by Gasteiger charge is 2.27. The van der Waals surface area contributed by atoms with Gasteiger partial charge in [0.15, 0.2) is 0 Å². The fourth-order valence-electron chi connectivity index (χ4n) is 15.1. The van der Waals surface area contributed by atoms with Gasteiger partial charge in [-0.2, -0.15) is 0 Å². The fraction of sp³-hybridized carbons (Fsp3) is 0.176. The van der Waals surface area contributed by atoms with Gasteiger partial charge in [0, 0.05) is 45.0 Å². The SMILES string of the molecule is C.C.C.C.Cc1ccc(C(=O)Nc2cccc(C)c2)cc1.Cc1ccc(NC(=O)c2ccc(C)cc2)cc1.Cc1ccc(NC(=O)c2cccc(C)c2)cc1.Cc1ccc(Oc2ccc(Oc3ccc(C)cc3)cc2)cc1.Cc1ccc([Si](C)(C)c2ccc(C)cc2)cc1.Cc1cccc(NC(=O)c2cccc(C)c2)c1.Cc1cccc(Oc2ccc(Oc3cccc(C)c3)cc2)c1.Cc1cccc([Si](C)(C)c2cccc(C)c2)c1. The predicted molar refractivity (Wildman–Crippen MR) is 644 cm³/mol. The molecule has 0 radical (unpaired) electrons. The summed E-state index contributed by atoms with van der Waals surface area (Å²) in [6.45, 7) is 42.5. The molecule has 12 nitrogen and oxygen atoms in total. The summed E-state index contributed by atoms with van der Waals surface area (Å²) in [5.41, 5.74) is 25.3. The van der Waals surface area contributed by atoms with Crippen molar-refractivity contribution in [3.05, 3.63) is 548 Å². The largest absolute Gasteiger partial charge is 0.457 e. The molecule has 0 heterocycles. The van der Waals surface area contributed by atoms with Crippen LogP contribution in [0.25, 0.3) is 0 Å². The van der Waals surface area contributed by atoms with E-state index in [4.69, 9.17) is 18.9 Å². The van der Waals surface area contributed by atoms with E-state index in [-0.39, 0.29) is 53.3 Å². The molecule has 0 atom stereocenters. The van der Waals surface area contributed by atoms with Gasteiger partial charge in [-0.25, -0.2) is 0 Å². The van der Waals surface area contributed by atoms with Crippen molar-refractivity contribution in [2.24, 2.45) is 0 Å². The average molecular weight is 2030 g/mol. The number of hydrogen-bond donors (Lipinski definition) is 4. The molecule has 18 rings (SSSR count). The molecule has 0 unspecified atom stereocenters. The van der Waals surface area contributed by atoms with Crippen molar-refractivity contribution >= 4 is 83.3 Å². The molecule has 0 spiro atoms. The molecule has 18 aromatic carbocycles. The Bertz CT molecular complexity index is 7010. The first-order valence-electron chi connectivity index (χ1n) is 49.2. The molecule has 0 aromatic heterocycles. The molecule has 772 valence electrons. The third-order valence-electron chi connectivity index (χ3n) is 24.0. The first kappa shape index (κ1) is 120. The van der Waals surface area contributed by atoms with Crippen molar-refractivity contribution in [2.45, 2.75) is 167 Å². The van der Waals surface area contributed by atoms with Crippen LogP contribution in [-0.2, 0) is 0 Å². The first-order valence-corrected chi connectivity index (χ1v) is 55.2. The van der Waals surface area contributed by atoms with Crippen molar-refractivity contribution in [1.82, 2.24) is 0 Å². The van der Waals surface area contributed by atoms with Crippen molar-refractivity contribution in [2.75, 3.05) is 21.3 Å². The van der Waals surface area contributed by atoms with Crippen LogP contribution in [0.2, 0.25) is 26.2 Å². The summed E-state index contributed by atoms with van der Waals surface area (Å²) in [5.74, 6) is 6.22. The lowest BCUT2D eigenvalue weighted by Gasteiger charge is -2.24. The number of nitrogens with one attached hydrogen (secondary N) is 4. The highest BCUT2D eigenvalue weighted by atomic mass is 28.3. The highest BCUT2D eigenvalue weighted by molar-refractivity contribution is 7.01. The van der Waals surface area contributed by atoms with Gasteiger partial charge in [-0.15, -0.1) is 0 Å². The number of anilines is 4. The lowest BCUT2D eigenvalue weighted by atomic mass is 10.1. The summed E-state index contributed by atoms with van der Waals surface area (Å²) < 4.78 is 23.3. The lowest BCUT2D eigenvalue weighted by Crippen LogP contribution is -2.52. The maximum absolute atomic E-state index is 12.0. The van der Waals surface area contributed by atoms with Crippen molar-refractivity contribution in [1.29, 1.82) is 0 Å². The van der Waals surface area contributed by atoms with Crippen molar-refractivity contribution in [3.8, 4) is 46.0 Å². The zero-order valence-corrected chi connectivity index (χ0v) is 89.8. The minimum Gasteiger partial charge on any atom is -0.457 e. The van der Waals surface area contributed by atoms with Gasteiger partial charge in [-0.3, -0.25) is 19.2 Å². The molecule has 18 aromatic rings. The highest BCUT2D eigenvalue weighted by Crippen LogP contribution is 2.31. The minimum atomic E-state index is -1.52. The van der Waals surface area contributed by atoms with Crippen LogP contribution in [0.4, 0.5) is 22.7 Å². The molecule has 0 bridgehead atoms. The third kappa shape index (κ3) is 40.4. The van der Waals surface area contributed by atoms with Gasteiger partial charge >= 0.3 is 0 Å². The topological polar surface area (TPSA) is 153 Å². The van der Waals surface area contributed by atoms with Gasteiger partial charge < -0.3 is 40.2 Å². The number of benzene rings is 18. The lowest BCUT2D eigenvalue weighted by molar-refractivity contribution is 0.101.